The maximum atomic E-state index is 12.2. The SMILES string of the molecule is C=CCc1cc(/C=C(/C#N)C(=O)NC(C)C)cc(OC)c1OCc1ccc(Cl)cc1Cl. The van der Waals surface area contributed by atoms with Crippen molar-refractivity contribution in [2.75, 3.05) is 7.11 Å². The van der Waals surface area contributed by atoms with Crippen molar-refractivity contribution in [3.05, 3.63) is 75.3 Å². The van der Waals surface area contributed by atoms with E-state index in [1.807, 2.05) is 26.0 Å². The van der Waals surface area contributed by atoms with Crippen LogP contribution in [-0.4, -0.2) is 19.1 Å². The first kappa shape index (κ1) is 24.3. The molecule has 162 valence electrons. The first-order valence-corrected chi connectivity index (χ1v) is 10.4. The van der Waals surface area contributed by atoms with Crippen LogP contribution in [-0.2, 0) is 17.8 Å². The number of halogens is 2. The number of carbonyl (C=O) groups excluding carboxylic acids is 1. The van der Waals surface area contributed by atoms with Crippen LogP contribution >= 0.6 is 23.2 Å². The van der Waals surface area contributed by atoms with E-state index in [9.17, 15) is 10.1 Å². The molecule has 0 radical (unpaired) electrons. The molecule has 2 aromatic carbocycles. The predicted octanol–water partition coefficient (Wildman–Crippen LogP) is 5.74. The summed E-state index contributed by atoms with van der Waals surface area (Å²) in [5, 5.41) is 13.2. The van der Waals surface area contributed by atoms with E-state index >= 15 is 0 Å². The van der Waals surface area contributed by atoms with Crippen LogP contribution in [0.15, 0.2) is 48.6 Å². The second kappa shape index (κ2) is 11.5. The van der Waals surface area contributed by atoms with Gasteiger partial charge in [-0.2, -0.15) is 5.26 Å². The molecule has 1 amide bonds. The summed E-state index contributed by atoms with van der Waals surface area (Å²) in [4.78, 5) is 12.2. The van der Waals surface area contributed by atoms with Gasteiger partial charge in [-0.3, -0.25) is 4.79 Å². The second-order valence-corrected chi connectivity index (χ2v) is 7.87. The Bertz CT molecular complexity index is 1040. The topological polar surface area (TPSA) is 71.4 Å². The standard InChI is InChI=1S/C24H24Cl2N2O3/c1-5-6-17-9-16(10-19(13-27)24(29)28-15(2)3)11-22(30-4)23(17)31-14-18-7-8-20(25)12-21(18)26/h5,7-12,15H,1,6,14H2,2-4H3,(H,28,29)/b19-10-. The lowest BCUT2D eigenvalue weighted by atomic mass is 10.0. The van der Waals surface area contributed by atoms with Gasteiger partial charge < -0.3 is 14.8 Å². The smallest absolute Gasteiger partial charge is 0.262 e. The van der Waals surface area contributed by atoms with Gasteiger partial charge in [0.05, 0.1) is 7.11 Å². The number of amides is 1. The largest absolute Gasteiger partial charge is 0.493 e. The molecule has 0 saturated heterocycles. The number of allylic oxidation sites excluding steroid dienone is 1. The van der Waals surface area contributed by atoms with Crippen molar-refractivity contribution in [3.63, 3.8) is 0 Å². The number of hydrogen-bond acceptors (Lipinski definition) is 4. The molecule has 2 rings (SSSR count). The molecule has 0 aromatic heterocycles. The molecule has 2 aromatic rings. The van der Waals surface area contributed by atoms with Gasteiger partial charge in [0.2, 0.25) is 0 Å². The fraction of sp³-hybridized carbons (Fsp3) is 0.250. The number of carbonyl (C=O) groups is 1. The van der Waals surface area contributed by atoms with Crippen LogP contribution < -0.4 is 14.8 Å². The molecular weight excluding hydrogens is 435 g/mol. The Balaban J connectivity index is 2.41. The molecule has 0 fully saturated rings. The van der Waals surface area contributed by atoms with E-state index in [-0.39, 0.29) is 18.2 Å². The van der Waals surface area contributed by atoms with Gasteiger partial charge in [0.15, 0.2) is 11.5 Å². The van der Waals surface area contributed by atoms with E-state index < -0.39 is 5.91 Å². The Kier molecular flexibility index (Phi) is 8.99. The second-order valence-electron chi connectivity index (χ2n) is 7.03. The summed E-state index contributed by atoms with van der Waals surface area (Å²) in [6, 6.07) is 10.6. The lowest BCUT2D eigenvalue weighted by Gasteiger charge is -2.16. The Labute approximate surface area is 192 Å². The molecular formula is C24H24Cl2N2O3. The van der Waals surface area contributed by atoms with Gasteiger partial charge in [0.25, 0.3) is 5.91 Å². The maximum Gasteiger partial charge on any atom is 0.262 e. The van der Waals surface area contributed by atoms with Crippen LogP contribution in [0.1, 0.15) is 30.5 Å². The monoisotopic (exact) mass is 458 g/mol. The molecule has 31 heavy (non-hydrogen) atoms. The van der Waals surface area contributed by atoms with E-state index in [0.29, 0.717) is 33.5 Å². The molecule has 0 unspecified atom stereocenters. The average Bonchev–Trinajstić information content (AvgIpc) is 2.71. The number of benzene rings is 2. The zero-order chi connectivity index (χ0) is 23.0. The van der Waals surface area contributed by atoms with E-state index in [4.69, 9.17) is 32.7 Å². The summed E-state index contributed by atoms with van der Waals surface area (Å²) in [6.07, 6.45) is 3.76. The zero-order valence-corrected chi connectivity index (χ0v) is 19.2. The van der Waals surface area contributed by atoms with Crippen molar-refractivity contribution in [3.8, 4) is 17.6 Å². The Hall–Kier alpha value is -2.94. The van der Waals surface area contributed by atoms with Crippen LogP contribution in [0.3, 0.4) is 0 Å². The zero-order valence-electron chi connectivity index (χ0n) is 17.7. The number of nitrogens with zero attached hydrogens (tertiary/aromatic N) is 1. The van der Waals surface area contributed by atoms with Gasteiger partial charge in [-0.25, -0.2) is 0 Å². The van der Waals surface area contributed by atoms with Gasteiger partial charge in [-0.05, 0) is 56.2 Å². The summed E-state index contributed by atoms with van der Waals surface area (Å²) >= 11 is 12.2. The number of nitrogens with one attached hydrogen (secondary N) is 1. The molecule has 0 bridgehead atoms. The van der Waals surface area contributed by atoms with Crippen LogP contribution in [0.4, 0.5) is 0 Å². The minimum Gasteiger partial charge on any atom is -0.493 e. The first-order valence-electron chi connectivity index (χ1n) is 9.60. The van der Waals surface area contributed by atoms with Crippen molar-refractivity contribution in [2.45, 2.75) is 32.9 Å². The third kappa shape index (κ3) is 6.78. The van der Waals surface area contributed by atoms with Crippen molar-refractivity contribution in [2.24, 2.45) is 0 Å². The Morgan fingerprint density at radius 3 is 2.58 bits per heavy atom. The highest BCUT2D eigenvalue weighted by atomic mass is 35.5. The fourth-order valence-electron chi connectivity index (χ4n) is 2.83. The molecule has 5 nitrogen and oxygen atoms in total. The van der Waals surface area contributed by atoms with Crippen molar-refractivity contribution in [1.82, 2.24) is 5.32 Å². The van der Waals surface area contributed by atoms with Crippen molar-refractivity contribution < 1.29 is 14.3 Å². The number of nitriles is 1. The van der Waals surface area contributed by atoms with Gasteiger partial charge in [0, 0.05) is 27.2 Å². The van der Waals surface area contributed by atoms with Crippen LogP contribution in [0.2, 0.25) is 10.0 Å². The molecule has 0 spiro atoms. The third-order valence-corrected chi connectivity index (χ3v) is 4.81. The van der Waals surface area contributed by atoms with E-state index in [0.717, 1.165) is 11.1 Å². The summed E-state index contributed by atoms with van der Waals surface area (Å²) in [5.41, 5.74) is 2.22. The summed E-state index contributed by atoms with van der Waals surface area (Å²) in [5.74, 6) is 0.576. The average molecular weight is 459 g/mol. The molecule has 0 aliphatic carbocycles. The van der Waals surface area contributed by atoms with E-state index in [2.05, 4.69) is 11.9 Å². The molecule has 0 aliphatic heterocycles. The number of methoxy groups -OCH3 is 1. The van der Waals surface area contributed by atoms with E-state index in [1.165, 1.54) is 13.2 Å². The first-order chi connectivity index (χ1) is 14.8. The van der Waals surface area contributed by atoms with Crippen LogP contribution in [0.5, 0.6) is 11.5 Å². The highest BCUT2D eigenvalue weighted by Gasteiger charge is 2.15. The minimum atomic E-state index is -0.431. The van der Waals surface area contributed by atoms with Gasteiger partial charge in [-0.1, -0.05) is 35.3 Å². The third-order valence-electron chi connectivity index (χ3n) is 4.22. The fourth-order valence-corrected chi connectivity index (χ4v) is 3.30. The van der Waals surface area contributed by atoms with Crippen LogP contribution in [0.25, 0.3) is 6.08 Å². The number of rotatable bonds is 9. The summed E-state index contributed by atoms with van der Waals surface area (Å²) < 4.78 is 11.6. The molecule has 7 heteroatoms. The van der Waals surface area contributed by atoms with E-state index in [1.54, 1.807) is 30.3 Å². The highest BCUT2D eigenvalue weighted by molar-refractivity contribution is 6.35. The molecule has 0 atom stereocenters. The Morgan fingerprint density at radius 1 is 1.26 bits per heavy atom. The summed E-state index contributed by atoms with van der Waals surface area (Å²) in [6.45, 7) is 7.67. The summed E-state index contributed by atoms with van der Waals surface area (Å²) in [7, 11) is 1.53. The number of ether oxygens (including phenoxy) is 2. The maximum absolute atomic E-state index is 12.2. The van der Waals surface area contributed by atoms with Gasteiger partial charge >= 0.3 is 0 Å². The molecule has 0 heterocycles. The molecule has 0 saturated carbocycles. The lowest BCUT2D eigenvalue weighted by molar-refractivity contribution is -0.117. The minimum absolute atomic E-state index is 0.00178. The molecule has 1 N–H and O–H groups in total. The van der Waals surface area contributed by atoms with Crippen molar-refractivity contribution >= 4 is 35.2 Å². The number of hydrogen-bond donors (Lipinski definition) is 1. The predicted molar refractivity (Wildman–Crippen MR) is 125 cm³/mol. The normalized spacial score (nSPS) is 11.1. The van der Waals surface area contributed by atoms with Crippen molar-refractivity contribution in [1.29, 1.82) is 5.26 Å². The highest BCUT2D eigenvalue weighted by Crippen LogP contribution is 2.35. The molecule has 0 aliphatic rings. The lowest BCUT2D eigenvalue weighted by Crippen LogP contribution is -2.30. The quantitative estimate of drug-likeness (QED) is 0.295. The van der Waals surface area contributed by atoms with Gasteiger partial charge in [-0.15, -0.1) is 6.58 Å². The Morgan fingerprint density at radius 2 is 2.00 bits per heavy atom. The van der Waals surface area contributed by atoms with Crippen LogP contribution in [0, 0.1) is 11.3 Å². The van der Waals surface area contributed by atoms with Gasteiger partial charge in [0.1, 0.15) is 18.2 Å².